The summed E-state index contributed by atoms with van der Waals surface area (Å²) in [5.74, 6) is -1.68. The third-order valence-corrected chi connectivity index (χ3v) is 6.12. The summed E-state index contributed by atoms with van der Waals surface area (Å²) >= 11 is 0. The largest absolute Gasteiger partial charge is 0.573 e. The molecule has 0 bridgehead atoms. The highest BCUT2D eigenvalue weighted by atomic mass is 32.2. The number of amides is 2. The molecule has 2 aromatic rings. The van der Waals surface area contributed by atoms with E-state index in [1.165, 1.54) is 63.6 Å². The lowest BCUT2D eigenvalue weighted by Gasteiger charge is -2.20. The molecule has 0 radical (unpaired) electrons. The molecule has 174 valence electrons. The molecule has 0 aliphatic rings. The van der Waals surface area contributed by atoms with Crippen molar-refractivity contribution < 1.29 is 35.9 Å². The van der Waals surface area contributed by atoms with Crippen LogP contribution in [0.4, 0.5) is 13.2 Å². The van der Waals surface area contributed by atoms with Gasteiger partial charge in [0.05, 0.1) is 11.4 Å². The molecule has 0 fully saturated rings. The molecule has 2 amide bonds. The van der Waals surface area contributed by atoms with Gasteiger partial charge in [0.15, 0.2) is 0 Å². The maximum absolute atomic E-state index is 12.5. The molecule has 12 heteroatoms. The first-order valence-corrected chi connectivity index (χ1v) is 10.6. The third-order valence-electron chi connectivity index (χ3n) is 4.31. The first-order chi connectivity index (χ1) is 14.8. The molecule has 0 saturated carbocycles. The normalized spacial score (nSPS) is 11.8. The molecular formula is C20H22F3N3O5S. The van der Waals surface area contributed by atoms with Crippen LogP contribution in [0, 0.1) is 0 Å². The molecule has 0 saturated heterocycles. The molecule has 0 aliphatic heterocycles. The van der Waals surface area contributed by atoms with Crippen LogP contribution in [-0.4, -0.2) is 63.5 Å². The second-order valence-corrected chi connectivity index (χ2v) is 9.06. The summed E-state index contributed by atoms with van der Waals surface area (Å²) < 4.78 is 67.0. The Bertz CT molecular complexity index is 1090. The first kappa shape index (κ1) is 25.1. The highest BCUT2D eigenvalue weighted by Crippen LogP contribution is 2.27. The fourth-order valence-corrected chi connectivity index (χ4v) is 3.55. The molecule has 0 aliphatic carbocycles. The SMILES string of the molecule is CN(Cc1ccccc1OC(F)(F)F)C(=O)CNC(=O)c1cccc(S(=O)(=O)N(C)C)c1. The predicted molar refractivity (Wildman–Crippen MR) is 109 cm³/mol. The van der Waals surface area contributed by atoms with Crippen molar-refractivity contribution in [3.63, 3.8) is 0 Å². The van der Waals surface area contributed by atoms with Crippen LogP contribution in [0.15, 0.2) is 53.4 Å². The van der Waals surface area contributed by atoms with E-state index in [1.807, 2.05) is 0 Å². The molecule has 0 aromatic heterocycles. The van der Waals surface area contributed by atoms with Gasteiger partial charge in [-0.1, -0.05) is 24.3 Å². The van der Waals surface area contributed by atoms with Gasteiger partial charge in [-0.05, 0) is 24.3 Å². The Labute approximate surface area is 183 Å². The van der Waals surface area contributed by atoms with Crippen molar-refractivity contribution in [3.8, 4) is 5.75 Å². The number of likely N-dealkylation sites (N-methyl/N-ethyl adjacent to an activating group) is 1. The summed E-state index contributed by atoms with van der Waals surface area (Å²) in [7, 11) is 0.332. The third kappa shape index (κ3) is 6.69. The van der Waals surface area contributed by atoms with E-state index >= 15 is 0 Å². The van der Waals surface area contributed by atoms with Crippen molar-refractivity contribution in [1.82, 2.24) is 14.5 Å². The van der Waals surface area contributed by atoms with Crippen LogP contribution in [0.3, 0.4) is 0 Å². The Morgan fingerprint density at radius 3 is 2.31 bits per heavy atom. The first-order valence-electron chi connectivity index (χ1n) is 9.19. The minimum Gasteiger partial charge on any atom is -0.405 e. The quantitative estimate of drug-likeness (QED) is 0.635. The number of halogens is 3. The number of carbonyl (C=O) groups excluding carboxylic acids is 2. The maximum atomic E-state index is 12.5. The average molecular weight is 473 g/mol. The van der Waals surface area contributed by atoms with E-state index in [-0.39, 0.29) is 22.6 Å². The molecule has 8 nitrogen and oxygen atoms in total. The molecule has 0 atom stereocenters. The van der Waals surface area contributed by atoms with Gasteiger partial charge in [-0.15, -0.1) is 13.2 Å². The highest BCUT2D eigenvalue weighted by Gasteiger charge is 2.32. The van der Waals surface area contributed by atoms with Crippen molar-refractivity contribution in [2.24, 2.45) is 0 Å². The van der Waals surface area contributed by atoms with Gasteiger partial charge in [0.2, 0.25) is 15.9 Å². The number of benzene rings is 2. The summed E-state index contributed by atoms with van der Waals surface area (Å²) in [6, 6.07) is 10.7. The van der Waals surface area contributed by atoms with E-state index in [1.54, 1.807) is 0 Å². The van der Waals surface area contributed by atoms with Crippen LogP contribution in [0.5, 0.6) is 5.75 Å². The van der Waals surface area contributed by atoms with Crippen molar-refractivity contribution >= 4 is 21.8 Å². The van der Waals surface area contributed by atoms with Crippen LogP contribution in [0.2, 0.25) is 0 Å². The minimum absolute atomic E-state index is 0.0345. The standard InChI is InChI=1S/C20H22F3N3O5S/c1-25(2)32(29,30)16-9-6-8-14(11-16)19(28)24-12-18(27)26(3)13-15-7-4-5-10-17(15)31-20(21,22)23/h4-11H,12-13H2,1-3H3,(H,24,28). The fraction of sp³-hybridized carbons (Fsp3) is 0.300. The Morgan fingerprint density at radius 2 is 1.69 bits per heavy atom. The second-order valence-electron chi connectivity index (χ2n) is 6.90. The highest BCUT2D eigenvalue weighted by molar-refractivity contribution is 7.89. The lowest BCUT2D eigenvalue weighted by molar-refractivity contribution is -0.275. The van der Waals surface area contributed by atoms with E-state index < -0.39 is 40.5 Å². The van der Waals surface area contributed by atoms with Crippen molar-refractivity contribution in [3.05, 3.63) is 59.7 Å². The lowest BCUT2D eigenvalue weighted by atomic mass is 10.2. The monoisotopic (exact) mass is 473 g/mol. The molecular weight excluding hydrogens is 451 g/mol. The molecule has 1 N–H and O–H groups in total. The number of nitrogens with zero attached hydrogens (tertiary/aromatic N) is 2. The number of nitrogens with one attached hydrogen (secondary N) is 1. The van der Waals surface area contributed by atoms with E-state index in [0.29, 0.717) is 0 Å². The molecule has 2 aromatic carbocycles. The van der Waals surface area contributed by atoms with Gasteiger partial charge in [0.25, 0.3) is 5.91 Å². The summed E-state index contributed by atoms with van der Waals surface area (Å²) in [6.45, 7) is -0.625. The fourth-order valence-electron chi connectivity index (χ4n) is 2.60. The van der Waals surface area contributed by atoms with Crippen molar-refractivity contribution in [2.45, 2.75) is 17.8 Å². The van der Waals surface area contributed by atoms with Gasteiger partial charge in [-0.25, -0.2) is 12.7 Å². The lowest BCUT2D eigenvalue weighted by Crippen LogP contribution is -2.38. The van der Waals surface area contributed by atoms with Crippen LogP contribution in [0.1, 0.15) is 15.9 Å². The topological polar surface area (TPSA) is 96.0 Å². The number of ether oxygens (including phenoxy) is 1. The number of sulfonamides is 1. The van der Waals surface area contributed by atoms with Gasteiger partial charge >= 0.3 is 6.36 Å². The Morgan fingerprint density at radius 1 is 1.03 bits per heavy atom. The van der Waals surface area contributed by atoms with E-state index in [9.17, 15) is 31.2 Å². The van der Waals surface area contributed by atoms with E-state index in [2.05, 4.69) is 10.1 Å². The number of hydrogen-bond acceptors (Lipinski definition) is 5. The summed E-state index contributed by atoms with van der Waals surface area (Å²) in [5, 5.41) is 2.38. The maximum Gasteiger partial charge on any atom is 0.573 e. The van der Waals surface area contributed by atoms with E-state index in [0.717, 1.165) is 15.3 Å². The van der Waals surface area contributed by atoms with Crippen LogP contribution in [-0.2, 0) is 21.4 Å². The average Bonchev–Trinajstić information content (AvgIpc) is 2.72. The number of alkyl halides is 3. The van der Waals surface area contributed by atoms with Crippen LogP contribution in [0.25, 0.3) is 0 Å². The molecule has 0 spiro atoms. The van der Waals surface area contributed by atoms with Crippen LogP contribution >= 0.6 is 0 Å². The second kappa shape index (κ2) is 10.0. The zero-order valence-corrected chi connectivity index (χ0v) is 18.3. The predicted octanol–water partition coefficient (Wildman–Crippen LogP) is 2.22. The Kier molecular flexibility index (Phi) is 7.86. The number of carbonyl (C=O) groups is 2. The van der Waals surface area contributed by atoms with Gasteiger partial charge in [-0.2, -0.15) is 0 Å². The zero-order valence-electron chi connectivity index (χ0n) is 17.5. The van der Waals surface area contributed by atoms with Gasteiger partial charge in [-0.3, -0.25) is 9.59 Å². The van der Waals surface area contributed by atoms with Gasteiger partial charge in [0.1, 0.15) is 5.75 Å². The number of hydrogen-bond donors (Lipinski definition) is 1. The zero-order chi connectivity index (χ0) is 24.1. The minimum atomic E-state index is -4.87. The van der Waals surface area contributed by atoms with Crippen molar-refractivity contribution in [2.75, 3.05) is 27.7 Å². The van der Waals surface area contributed by atoms with Gasteiger partial charge in [0, 0.05) is 38.8 Å². The number of rotatable bonds is 8. The molecule has 0 unspecified atom stereocenters. The van der Waals surface area contributed by atoms with Crippen molar-refractivity contribution in [1.29, 1.82) is 0 Å². The smallest absolute Gasteiger partial charge is 0.405 e. The Hall–Kier alpha value is -3.12. The van der Waals surface area contributed by atoms with Gasteiger partial charge < -0.3 is 15.0 Å². The Balaban J connectivity index is 2.02. The summed E-state index contributed by atoms with van der Waals surface area (Å²) in [6.07, 6.45) is -4.87. The molecule has 2 rings (SSSR count). The van der Waals surface area contributed by atoms with E-state index in [4.69, 9.17) is 0 Å². The molecule has 32 heavy (non-hydrogen) atoms. The summed E-state index contributed by atoms with van der Waals surface area (Å²) in [4.78, 5) is 25.7. The molecule has 0 heterocycles. The van der Waals surface area contributed by atoms with Crippen LogP contribution < -0.4 is 10.1 Å². The number of para-hydroxylation sites is 1. The summed E-state index contributed by atoms with van der Waals surface area (Å²) in [5.41, 5.74) is 0.167.